The number of rotatable bonds is 4. The standard InChI is InChI=1S/C18H19N3O2S/c1-4-13-9-14-17(24-13)19-10-21(18(14)23)12(3)16(22)20-15-8-6-5-7-11(15)2/h5-10,12H,4H2,1-3H3,(H,20,22)/t12-/m0/s1. The number of para-hydroxylation sites is 1. The minimum atomic E-state index is -0.640. The quantitative estimate of drug-likeness (QED) is 0.789. The monoisotopic (exact) mass is 341 g/mol. The molecule has 124 valence electrons. The fourth-order valence-corrected chi connectivity index (χ4v) is 3.44. The maximum atomic E-state index is 12.7. The van der Waals surface area contributed by atoms with Gasteiger partial charge in [-0.15, -0.1) is 11.3 Å². The van der Waals surface area contributed by atoms with Gasteiger partial charge in [0.2, 0.25) is 5.91 Å². The Morgan fingerprint density at radius 3 is 2.83 bits per heavy atom. The number of nitrogens with zero attached hydrogens (tertiary/aromatic N) is 2. The molecule has 0 aliphatic carbocycles. The molecule has 3 aromatic rings. The molecular weight excluding hydrogens is 322 g/mol. The number of hydrogen-bond acceptors (Lipinski definition) is 4. The molecule has 0 bridgehead atoms. The number of amides is 1. The topological polar surface area (TPSA) is 64.0 Å². The molecule has 3 rings (SSSR count). The van der Waals surface area contributed by atoms with Crippen LogP contribution in [-0.4, -0.2) is 15.5 Å². The number of fused-ring (bicyclic) bond motifs is 1. The summed E-state index contributed by atoms with van der Waals surface area (Å²) >= 11 is 1.52. The van der Waals surface area contributed by atoms with Crippen molar-refractivity contribution in [2.75, 3.05) is 5.32 Å². The summed E-state index contributed by atoms with van der Waals surface area (Å²) in [5.74, 6) is -0.238. The summed E-state index contributed by atoms with van der Waals surface area (Å²) in [6.45, 7) is 5.68. The van der Waals surface area contributed by atoms with Crippen LogP contribution in [0.3, 0.4) is 0 Å². The van der Waals surface area contributed by atoms with Crippen molar-refractivity contribution >= 4 is 33.1 Å². The predicted octanol–water partition coefficient (Wildman–Crippen LogP) is 3.53. The van der Waals surface area contributed by atoms with Crippen LogP contribution in [0.4, 0.5) is 5.69 Å². The minimum absolute atomic E-state index is 0.177. The number of carbonyl (C=O) groups is 1. The van der Waals surface area contributed by atoms with Crippen molar-refractivity contribution in [3.05, 3.63) is 57.5 Å². The SMILES string of the molecule is CCc1cc2c(=O)n([C@@H](C)C(=O)Nc3ccccc3C)cnc2s1. The zero-order valence-electron chi connectivity index (χ0n) is 13.9. The molecule has 1 atom stereocenters. The molecule has 5 nitrogen and oxygen atoms in total. The fourth-order valence-electron chi connectivity index (χ4n) is 2.51. The molecule has 0 aliphatic rings. The number of anilines is 1. The van der Waals surface area contributed by atoms with Gasteiger partial charge in [0.1, 0.15) is 10.9 Å². The van der Waals surface area contributed by atoms with Gasteiger partial charge in [0, 0.05) is 10.6 Å². The van der Waals surface area contributed by atoms with Gasteiger partial charge in [-0.2, -0.15) is 0 Å². The van der Waals surface area contributed by atoms with Crippen molar-refractivity contribution in [3.8, 4) is 0 Å². The second-order valence-electron chi connectivity index (χ2n) is 5.72. The highest BCUT2D eigenvalue weighted by atomic mass is 32.1. The highest BCUT2D eigenvalue weighted by molar-refractivity contribution is 7.18. The van der Waals surface area contributed by atoms with Gasteiger partial charge < -0.3 is 5.32 Å². The first-order valence-corrected chi connectivity index (χ1v) is 8.69. The van der Waals surface area contributed by atoms with Crippen LogP contribution in [0, 0.1) is 6.92 Å². The van der Waals surface area contributed by atoms with E-state index in [4.69, 9.17) is 0 Å². The number of benzene rings is 1. The Morgan fingerprint density at radius 2 is 2.12 bits per heavy atom. The van der Waals surface area contributed by atoms with Crippen molar-refractivity contribution in [1.29, 1.82) is 0 Å². The van der Waals surface area contributed by atoms with Crippen molar-refractivity contribution in [2.45, 2.75) is 33.2 Å². The highest BCUT2D eigenvalue weighted by Gasteiger charge is 2.19. The molecule has 1 amide bonds. The van der Waals surface area contributed by atoms with Crippen molar-refractivity contribution < 1.29 is 4.79 Å². The molecular formula is C18H19N3O2S. The van der Waals surface area contributed by atoms with Gasteiger partial charge in [-0.1, -0.05) is 25.1 Å². The summed E-state index contributed by atoms with van der Waals surface area (Å²) in [7, 11) is 0. The van der Waals surface area contributed by atoms with Crippen LogP contribution in [0.15, 0.2) is 41.5 Å². The average molecular weight is 341 g/mol. The first-order valence-electron chi connectivity index (χ1n) is 7.87. The number of aryl methyl sites for hydroxylation is 2. The molecule has 0 spiro atoms. The van der Waals surface area contributed by atoms with Crippen LogP contribution in [0.1, 0.15) is 30.3 Å². The number of thiophene rings is 1. The lowest BCUT2D eigenvalue weighted by atomic mass is 10.2. The molecule has 6 heteroatoms. The number of carbonyl (C=O) groups excluding carboxylic acids is 1. The maximum absolute atomic E-state index is 12.7. The normalized spacial score (nSPS) is 12.3. The van der Waals surface area contributed by atoms with Crippen LogP contribution in [0.2, 0.25) is 0 Å². The van der Waals surface area contributed by atoms with Gasteiger partial charge in [-0.05, 0) is 38.0 Å². The summed E-state index contributed by atoms with van der Waals surface area (Å²) < 4.78 is 1.39. The third kappa shape index (κ3) is 2.97. The Balaban J connectivity index is 1.92. The van der Waals surface area contributed by atoms with E-state index in [9.17, 15) is 9.59 Å². The van der Waals surface area contributed by atoms with Crippen LogP contribution in [0.5, 0.6) is 0 Å². The molecule has 2 heterocycles. The van der Waals surface area contributed by atoms with Crippen molar-refractivity contribution in [2.24, 2.45) is 0 Å². The van der Waals surface area contributed by atoms with E-state index in [1.165, 1.54) is 22.2 Å². The second kappa shape index (κ2) is 6.57. The largest absolute Gasteiger partial charge is 0.324 e. The van der Waals surface area contributed by atoms with Crippen LogP contribution in [0.25, 0.3) is 10.2 Å². The maximum Gasteiger partial charge on any atom is 0.262 e. The predicted molar refractivity (Wildman–Crippen MR) is 97.8 cm³/mol. The lowest BCUT2D eigenvalue weighted by Crippen LogP contribution is -2.31. The van der Waals surface area contributed by atoms with E-state index in [0.717, 1.165) is 27.4 Å². The summed E-state index contributed by atoms with van der Waals surface area (Å²) in [4.78, 5) is 31.4. The summed E-state index contributed by atoms with van der Waals surface area (Å²) in [5.41, 5.74) is 1.55. The van der Waals surface area contributed by atoms with E-state index < -0.39 is 6.04 Å². The zero-order chi connectivity index (χ0) is 17.3. The highest BCUT2D eigenvalue weighted by Crippen LogP contribution is 2.22. The third-order valence-electron chi connectivity index (χ3n) is 4.08. The van der Waals surface area contributed by atoms with E-state index >= 15 is 0 Å². The first kappa shape index (κ1) is 16.4. The van der Waals surface area contributed by atoms with Gasteiger partial charge in [0.25, 0.3) is 5.56 Å². The minimum Gasteiger partial charge on any atom is -0.324 e. The summed E-state index contributed by atoms with van der Waals surface area (Å²) in [6, 6.07) is 8.79. The molecule has 24 heavy (non-hydrogen) atoms. The van der Waals surface area contributed by atoms with Crippen LogP contribution in [-0.2, 0) is 11.2 Å². The lowest BCUT2D eigenvalue weighted by Gasteiger charge is -2.15. The molecule has 0 unspecified atom stereocenters. The molecule has 2 aromatic heterocycles. The molecule has 0 saturated carbocycles. The van der Waals surface area contributed by atoms with E-state index in [1.807, 2.05) is 44.2 Å². The number of hydrogen-bond donors (Lipinski definition) is 1. The van der Waals surface area contributed by atoms with Crippen molar-refractivity contribution in [3.63, 3.8) is 0 Å². The third-order valence-corrected chi connectivity index (χ3v) is 5.26. The van der Waals surface area contributed by atoms with Crippen LogP contribution >= 0.6 is 11.3 Å². The summed E-state index contributed by atoms with van der Waals surface area (Å²) in [5, 5.41) is 3.45. The lowest BCUT2D eigenvalue weighted by molar-refractivity contribution is -0.118. The van der Waals surface area contributed by atoms with Crippen LogP contribution < -0.4 is 10.9 Å². The molecule has 0 saturated heterocycles. The number of nitrogens with one attached hydrogen (secondary N) is 1. The van der Waals surface area contributed by atoms with Gasteiger partial charge in [-0.3, -0.25) is 14.2 Å². The van der Waals surface area contributed by atoms with Gasteiger partial charge in [-0.25, -0.2) is 4.98 Å². The smallest absolute Gasteiger partial charge is 0.262 e. The zero-order valence-corrected chi connectivity index (χ0v) is 14.7. The van der Waals surface area contributed by atoms with E-state index in [1.54, 1.807) is 6.92 Å². The molecule has 1 aromatic carbocycles. The Hall–Kier alpha value is -2.47. The average Bonchev–Trinajstić information content (AvgIpc) is 3.01. The van der Waals surface area contributed by atoms with E-state index in [0.29, 0.717) is 5.39 Å². The molecule has 1 N–H and O–H groups in total. The van der Waals surface area contributed by atoms with Gasteiger partial charge in [0.15, 0.2) is 0 Å². The van der Waals surface area contributed by atoms with E-state index in [2.05, 4.69) is 10.3 Å². The van der Waals surface area contributed by atoms with Gasteiger partial charge in [0.05, 0.1) is 11.7 Å². The number of aromatic nitrogens is 2. The second-order valence-corrected chi connectivity index (χ2v) is 6.84. The Bertz CT molecular complexity index is 958. The summed E-state index contributed by atoms with van der Waals surface area (Å²) in [6.07, 6.45) is 2.33. The Morgan fingerprint density at radius 1 is 1.38 bits per heavy atom. The van der Waals surface area contributed by atoms with E-state index in [-0.39, 0.29) is 11.5 Å². The Labute approximate surface area is 144 Å². The molecule has 0 aliphatic heterocycles. The first-order chi connectivity index (χ1) is 11.5. The fraction of sp³-hybridized carbons (Fsp3) is 0.278. The molecule has 0 radical (unpaired) electrons. The Kier molecular flexibility index (Phi) is 4.49. The van der Waals surface area contributed by atoms with Gasteiger partial charge >= 0.3 is 0 Å². The molecule has 0 fully saturated rings. The van der Waals surface area contributed by atoms with Crippen molar-refractivity contribution in [1.82, 2.24) is 9.55 Å².